The summed E-state index contributed by atoms with van der Waals surface area (Å²) >= 11 is 5.15. The molecular formula is C15H18N6O3S. The Morgan fingerprint density at radius 1 is 1.32 bits per heavy atom. The molecule has 10 heteroatoms. The number of azo groups is 1. The highest BCUT2D eigenvalue weighted by atomic mass is 32.1. The average molecular weight is 362 g/mol. The largest absolute Gasteiger partial charge is 0.464 e. The fourth-order valence-electron chi connectivity index (χ4n) is 2.54. The summed E-state index contributed by atoms with van der Waals surface area (Å²) in [6.45, 7) is 1.65. The van der Waals surface area contributed by atoms with Gasteiger partial charge in [-0.25, -0.2) is 4.79 Å². The van der Waals surface area contributed by atoms with Gasteiger partial charge >= 0.3 is 5.97 Å². The van der Waals surface area contributed by atoms with Gasteiger partial charge in [0.2, 0.25) is 0 Å². The number of nitrogens with zero attached hydrogens (tertiary/aromatic N) is 3. The summed E-state index contributed by atoms with van der Waals surface area (Å²) in [5, 5.41) is 17.1. The van der Waals surface area contributed by atoms with Crippen molar-refractivity contribution in [3.05, 3.63) is 23.7 Å². The molecule has 0 saturated carbocycles. The molecule has 132 valence electrons. The number of carbonyl (C=O) groups excluding carboxylic acids is 2. The second-order valence-electron chi connectivity index (χ2n) is 5.60. The van der Waals surface area contributed by atoms with Gasteiger partial charge in [0.05, 0.1) is 6.61 Å². The van der Waals surface area contributed by atoms with E-state index in [1.165, 1.54) is 0 Å². The highest BCUT2D eigenvalue weighted by Gasteiger charge is 2.28. The maximum atomic E-state index is 11.7. The van der Waals surface area contributed by atoms with Gasteiger partial charge in [-0.15, -0.1) is 10.2 Å². The molecule has 3 aliphatic rings. The van der Waals surface area contributed by atoms with Crippen LogP contribution in [0.3, 0.4) is 0 Å². The SMILES string of the molecule is O=C1OCCC1NC(=S)NCCCNC1=C2N=CC=CC2C(=O)N=N1. The Labute approximate surface area is 149 Å². The van der Waals surface area contributed by atoms with Crippen molar-refractivity contribution in [2.75, 3.05) is 19.7 Å². The van der Waals surface area contributed by atoms with Crippen molar-refractivity contribution in [2.24, 2.45) is 21.1 Å². The molecule has 0 aromatic heterocycles. The van der Waals surface area contributed by atoms with Gasteiger partial charge in [0.1, 0.15) is 17.7 Å². The van der Waals surface area contributed by atoms with Crippen LogP contribution in [0.25, 0.3) is 0 Å². The molecule has 2 unspecified atom stereocenters. The van der Waals surface area contributed by atoms with Gasteiger partial charge in [-0.2, -0.15) is 0 Å². The Kier molecular flexibility index (Phi) is 5.49. The first-order valence-corrected chi connectivity index (χ1v) is 8.41. The molecule has 3 heterocycles. The van der Waals surface area contributed by atoms with Gasteiger partial charge in [0, 0.05) is 25.7 Å². The fourth-order valence-corrected chi connectivity index (χ4v) is 2.78. The number of amides is 1. The maximum absolute atomic E-state index is 11.7. The number of ether oxygens (including phenoxy) is 1. The molecule has 1 saturated heterocycles. The van der Waals surface area contributed by atoms with Crippen LogP contribution in [0.1, 0.15) is 12.8 Å². The zero-order valence-corrected chi connectivity index (χ0v) is 14.2. The minimum absolute atomic E-state index is 0.270. The molecule has 2 atom stereocenters. The summed E-state index contributed by atoms with van der Waals surface area (Å²) in [5.74, 6) is -0.518. The zero-order chi connectivity index (χ0) is 17.6. The zero-order valence-electron chi connectivity index (χ0n) is 13.4. The number of carbonyl (C=O) groups is 2. The Morgan fingerprint density at radius 3 is 3.00 bits per heavy atom. The summed E-state index contributed by atoms with van der Waals surface area (Å²) in [4.78, 5) is 27.2. The first kappa shape index (κ1) is 17.2. The lowest BCUT2D eigenvalue weighted by molar-refractivity contribution is -0.139. The summed E-state index contributed by atoms with van der Waals surface area (Å²) in [5.41, 5.74) is 0.590. The van der Waals surface area contributed by atoms with Crippen molar-refractivity contribution in [3.8, 4) is 0 Å². The molecule has 1 fully saturated rings. The van der Waals surface area contributed by atoms with Crippen LogP contribution in [0, 0.1) is 5.92 Å². The third kappa shape index (κ3) is 4.27. The number of esters is 1. The van der Waals surface area contributed by atoms with Gasteiger partial charge < -0.3 is 20.7 Å². The Hall–Kier alpha value is -2.62. The molecule has 0 bridgehead atoms. The normalized spacial score (nSPS) is 24.2. The number of thiocarbonyl (C=S) groups is 1. The summed E-state index contributed by atoms with van der Waals surface area (Å²) < 4.78 is 4.86. The predicted octanol–water partition coefficient (Wildman–Crippen LogP) is 0.164. The summed E-state index contributed by atoms with van der Waals surface area (Å²) in [6.07, 6.45) is 6.48. The number of dihydropyridines is 1. The van der Waals surface area contributed by atoms with E-state index < -0.39 is 5.92 Å². The van der Waals surface area contributed by atoms with E-state index >= 15 is 0 Å². The number of allylic oxidation sites excluding steroid dienone is 1. The Balaban J connectivity index is 1.38. The number of rotatable bonds is 6. The van der Waals surface area contributed by atoms with Gasteiger partial charge in [0.15, 0.2) is 10.9 Å². The minimum atomic E-state index is -0.453. The molecule has 0 aliphatic carbocycles. The molecule has 0 radical (unpaired) electrons. The third-order valence-electron chi connectivity index (χ3n) is 3.83. The van der Waals surface area contributed by atoms with E-state index in [9.17, 15) is 9.59 Å². The quantitative estimate of drug-likeness (QED) is 0.350. The van der Waals surface area contributed by atoms with Crippen molar-refractivity contribution >= 4 is 35.4 Å². The predicted molar refractivity (Wildman–Crippen MR) is 93.7 cm³/mol. The maximum Gasteiger partial charge on any atom is 0.328 e. The van der Waals surface area contributed by atoms with E-state index in [0.717, 1.165) is 6.42 Å². The lowest BCUT2D eigenvalue weighted by atomic mass is 10.0. The monoisotopic (exact) mass is 362 g/mol. The molecule has 1 amide bonds. The minimum Gasteiger partial charge on any atom is -0.464 e. The number of cyclic esters (lactones) is 1. The Morgan fingerprint density at radius 2 is 2.20 bits per heavy atom. The van der Waals surface area contributed by atoms with E-state index in [1.54, 1.807) is 18.4 Å². The van der Waals surface area contributed by atoms with E-state index in [2.05, 4.69) is 31.2 Å². The molecule has 9 nitrogen and oxygen atoms in total. The van der Waals surface area contributed by atoms with Gasteiger partial charge in [-0.1, -0.05) is 6.08 Å². The second kappa shape index (κ2) is 7.97. The summed E-state index contributed by atoms with van der Waals surface area (Å²) in [7, 11) is 0. The topological polar surface area (TPSA) is 117 Å². The van der Waals surface area contributed by atoms with Crippen molar-refractivity contribution in [1.29, 1.82) is 0 Å². The standard InChI is InChI=1S/C15H18N6O3S/c22-13-9-3-1-5-16-11(9)12(20-21-13)17-6-2-7-18-15(25)19-10-4-8-24-14(10)23/h1,3,5,9-10,17H,2,4,6-8H2,(H2,18,19,25). The lowest BCUT2D eigenvalue weighted by Crippen LogP contribution is -2.44. The summed E-state index contributed by atoms with van der Waals surface area (Å²) in [6, 6.07) is -0.362. The number of hydrogen-bond donors (Lipinski definition) is 3. The molecule has 0 aromatic carbocycles. The van der Waals surface area contributed by atoms with Crippen LogP contribution < -0.4 is 16.0 Å². The van der Waals surface area contributed by atoms with E-state index in [-0.39, 0.29) is 17.9 Å². The van der Waals surface area contributed by atoms with Crippen LogP contribution in [0.2, 0.25) is 0 Å². The highest BCUT2D eigenvalue weighted by molar-refractivity contribution is 7.80. The van der Waals surface area contributed by atoms with E-state index in [4.69, 9.17) is 17.0 Å². The van der Waals surface area contributed by atoms with Crippen LogP contribution in [-0.4, -0.2) is 48.9 Å². The van der Waals surface area contributed by atoms with Crippen LogP contribution in [0.5, 0.6) is 0 Å². The molecule has 3 N–H and O–H groups in total. The van der Waals surface area contributed by atoms with Crippen molar-refractivity contribution in [2.45, 2.75) is 18.9 Å². The molecule has 3 rings (SSSR count). The van der Waals surface area contributed by atoms with Crippen LogP contribution in [0.15, 0.2) is 38.9 Å². The van der Waals surface area contributed by atoms with Gasteiger partial charge in [-0.3, -0.25) is 9.79 Å². The molecule has 0 spiro atoms. The average Bonchev–Trinajstić information content (AvgIpc) is 3.01. The lowest BCUT2D eigenvalue weighted by Gasteiger charge is -2.19. The Bertz CT molecular complexity index is 699. The number of hydrogen-bond acceptors (Lipinski definition) is 7. The number of aliphatic imine (C=N–C) groups is 1. The van der Waals surface area contributed by atoms with Gasteiger partial charge in [0.25, 0.3) is 5.91 Å². The fraction of sp³-hybridized carbons (Fsp3) is 0.467. The first-order valence-electron chi connectivity index (χ1n) is 8.00. The first-order chi connectivity index (χ1) is 12.1. The van der Waals surface area contributed by atoms with Crippen molar-refractivity contribution < 1.29 is 14.3 Å². The van der Waals surface area contributed by atoms with E-state index in [1.807, 2.05) is 0 Å². The van der Waals surface area contributed by atoms with Gasteiger partial charge in [-0.05, 0) is 24.7 Å². The van der Waals surface area contributed by atoms with Crippen LogP contribution in [0.4, 0.5) is 0 Å². The molecule has 0 aromatic rings. The molecular weight excluding hydrogens is 344 g/mol. The number of fused-ring (bicyclic) bond motifs is 1. The highest BCUT2D eigenvalue weighted by Crippen LogP contribution is 2.26. The number of nitrogens with one attached hydrogen (secondary N) is 3. The van der Waals surface area contributed by atoms with Crippen molar-refractivity contribution in [1.82, 2.24) is 16.0 Å². The van der Waals surface area contributed by atoms with Crippen LogP contribution in [-0.2, 0) is 14.3 Å². The third-order valence-corrected chi connectivity index (χ3v) is 4.09. The molecule has 3 aliphatic heterocycles. The van der Waals surface area contributed by atoms with E-state index in [0.29, 0.717) is 42.7 Å². The second-order valence-corrected chi connectivity index (χ2v) is 6.01. The smallest absolute Gasteiger partial charge is 0.328 e. The van der Waals surface area contributed by atoms with Crippen molar-refractivity contribution in [3.63, 3.8) is 0 Å². The molecule has 25 heavy (non-hydrogen) atoms. The van der Waals surface area contributed by atoms with Crippen LogP contribution >= 0.6 is 12.2 Å².